The third-order valence-corrected chi connectivity index (χ3v) is 3.49. The number of halogens is 1. The van der Waals surface area contributed by atoms with Crippen molar-refractivity contribution in [2.24, 2.45) is 0 Å². The summed E-state index contributed by atoms with van der Waals surface area (Å²) >= 11 is 6.18. The minimum absolute atomic E-state index is 0.198. The molecule has 1 saturated heterocycles. The van der Waals surface area contributed by atoms with E-state index in [-0.39, 0.29) is 6.10 Å². The highest BCUT2D eigenvalue weighted by molar-refractivity contribution is 6.32. The molecule has 1 aromatic heterocycles. The fraction of sp³-hybridized carbons (Fsp3) is 0.667. The summed E-state index contributed by atoms with van der Waals surface area (Å²) in [7, 11) is 2.00. The number of nitrogens with zero attached hydrogens (tertiary/aromatic N) is 3. The zero-order valence-corrected chi connectivity index (χ0v) is 11.7. The number of aromatic nitrogens is 2. The van der Waals surface area contributed by atoms with Crippen LogP contribution in [0.2, 0.25) is 5.02 Å². The minimum Gasteiger partial charge on any atom is -0.376 e. The quantitative estimate of drug-likeness (QED) is 0.909. The monoisotopic (exact) mass is 270 g/mol. The fourth-order valence-corrected chi connectivity index (χ4v) is 2.46. The molecule has 1 aliphatic heterocycles. The summed E-state index contributed by atoms with van der Waals surface area (Å²) in [5.41, 5.74) is 0. The molecule has 0 saturated carbocycles. The summed E-state index contributed by atoms with van der Waals surface area (Å²) in [5, 5.41) is 3.66. The Hall–Kier alpha value is -1.07. The minimum atomic E-state index is 0.198. The number of hydrogen-bond acceptors (Lipinski definition) is 5. The van der Waals surface area contributed by atoms with Gasteiger partial charge in [0.05, 0.1) is 18.3 Å². The van der Waals surface area contributed by atoms with Crippen molar-refractivity contribution in [1.29, 1.82) is 0 Å². The maximum absolute atomic E-state index is 6.18. The average molecular weight is 271 g/mol. The number of anilines is 2. The van der Waals surface area contributed by atoms with E-state index in [1.165, 1.54) is 0 Å². The lowest BCUT2D eigenvalue weighted by Crippen LogP contribution is -2.37. The lowest BCUT2D eigenvalue weighted by Gasteiger charge is -2.28. The summed E-state index contributed by atoms with van der Waals surface area (Å²) in [6.45, 7) is 5.66. The van der Waals surface area contributed by atoms with Crippen LogP contribution in [0.3, 0.4) is 0 Å². The maximum Gasteiger partial charge on any atom is 0.224 e. The molecule has 1 N–H and O–H groups in total. The average Bonchev–Trinajstić information content (AvgIpc) is 2.77. The van der Waals surface area contributed by atoms with Crippen LogP contribution >= 0.6 is 11.6 Å². The first-order chi connectivity index (χ1) is 8.63. The summed E-state index contributed by atoms with van der Waals surface area (Å²) in [6, 6.07) is 0.312. The van der Waals surface area contributed by atoms with Gasteiger partial charge in [0.25, 0.3) is 0 Å². The van der Waals surface area contributed by atoms with Gasteiger partial charge in [-0.15, -0.1) is 0 Å². The van der Waals surface area contributed by atoms with Gasteiger partial charge in [-0.2, -0.15) is 4.98 Å². The Kier molecular flexibility index (Phi) is 4.24. The standard InChI is InChI=1S/C12H19ClN4O/c1-4-14-12-15-7-9(13)11(16-12)17(3)10-5-6-18-8(10)2/h7-8,10H,4-6H2,1-3H3,(H,14,15,16). The van der Waals surface area contributed by atoms with Crippen LogP contribution in [0.1, 0.15) is 20.3 Å². The van der Waals surface area contributed by atoms with Gasteiger partial charge in [0.15, 0.2) is 5.82 Å². The van der Waals surface area contributed by atoms with Crippen molar-refractivity contribution in [3.8, 4) is 0 Å². The Bertz CT molecular complexity index is 415. The Morgan fingerprint density at radius 1 is 1.61 bits per heavy atom. The third kappa shape index (κ3) is 2.67. The topological polar surface area (TPSA) is 50.3 Å². The van der Waals surface area contributed by atoms with Crippen LogP contribution < -0.4 is 10.2 Å². The number of nitrogens with one attached hydrogen (secondary N) is 1. The molecule has 1 fully saturated rings. The molecule has 2 unspecified atom stereocenters. The Morgan fingerprint density at radius 2 is 2.39 bits per heavy atom. The first kappa shape index (κ1) is 13.4. The third-order valence-electron chi connectivity index (χ3n) is 3.23. The van der Waals surface area contributed by atoms with E-state index >= 15 is 0 Å². The van der Waals surface area contributed by atoms with E-state index in [9.17, 15) is 0 Å². The molecule has 0 radical (unpaired) electrons. The number of hydrogen-bond donors (Lipinski definition) is 1. The Morgan fingerprint density at radius 3 is 3.00 bits per heavy atom. The van der Waals surface area contributed by atoms with Crippen LogP contribution in [0.4, 0.5) is 11.8 Å². The predicted octanol–water partition coefficient (Wildman–Crippen LogP) is 2.18. The van der Waals surface area contributed by atoms with Gasteiger partial charge in [-0.3, -0.25) is 0 Å². The van der Waals surface area contributed by atoms with E-state index in [4.69, 9.17) is 16.3 Å². The van der Waals surface area contributed by atoms with Crippen LogP contribution in [0, 0.1) is 0 Å². The predicted molar refractivity (Wildman–Crippen MR) is 73.4 cm³/mol. The second kappa shape index (κ2) is 5.71. The maximum atomic E-state index is 6.18. The van der Waals surface area contributed by atoms with Gasteiger partial charge in [-0.1, -0.05) is 11.6 Å². The van der Waals surface area contributed by atoms with Gasteiger partial charge in [0.2, 0.25) is 5.95 Å². The van der Waals surface area contributed by atoms with Crippen LogP contribution in [-0.4, -0.2) is 42.3 Å². The number of ether oxygens (including phenoxy) is 1. The van der Waals surface area contributed by atoms with E-state index in [2.05, 4.69) is 27.1 Å². The molecular weight excluding hydrogens is 252 g/mol. The van der Waals surface area contributed by atoms with Gasteiger partial charge in [-0.05, 0) is 20.3 Å². The highest BCUT2D eigenvalue weighted by atomic mass is 35.5. The number of likely N-dealkylation sites (N-methyl/N-ethyl adjacent to an activating group) is 1. The molecule has 2 atom stereocenters. The van der Waals surface area contributed by atoms with Crippen molar-refractivity contribution >= 4 is 23.4 Å². The van der Waals surface area contributed by atoms with Crippen LogP contribution in [0.25, 0.3) is 0 Å². The van der Waals surface area contributed by atoms with E-state index < -0.39 is 0 Å². The van der Waals surface area contributed by atoms with E-state index in [1.807, 2.05) is 14.0 Å². The van der Waals surface area contributed by atoms with Gasteiger partial charge in [-0.25, -0.2) is 4.98 Å². The zero-order valence-electron chi connectivity index (χ0n) is 11.0. The molecule has 0 aromatic carbocycles. The molecular formula is C12H19ClN4O. The first-order valence-electron chi connectivity index (χ1n) is 6.24. The lowest BCUT2D eigenvalue weighted by molar-refractivity contribution is 0.118. The first-order valence-corrected chi connectivity index (χ1v) is 6.62. The summed E-state index contributed by atoms with van der Waals surface area (Å²) in [4.78, 5) is 10.7. The lowest BCUT2D eigenvalue weighted by atomic mass is 10.1. The van der Waals surface area contributed by atoms with Gasteiger partial charge >= 0.3 is 0 Å². The normalized spacial score (nSPS) is 23.1. The van der Waals surface area contributed by atoms with Crippen molar-refractivity contribution < 1.29 is 4.74 Å². The molecule has 6 heteroatoms. The zero-order chi connectivity index (χ0) is 13.1. The van der Waals surface area contributed by atoms with Crippen LogP contribution in [0.15, 0.2) is 6.20 Å². The van der Waals surface area contributed by atoms with E-state index in [1.54, 1.807) is 6.20 Å². The molecule has 0 bridgehead atoms. The molecule has 0 spiro atoms. The van der Waals surface area contributed by atoms with Crippen LogP contribution in [0.5, 0.6) is 0 Å². The molecule has 1 aromatic rings. The largest absolute Gasteiger partial charge is 0.376 e. The number of rotatable bonds is 4. The van der Waals surface area contributed by atoms with Crippen molar-refractivity contribution in [1.82, 2.24) is 9.97 Å². The van der Waals surface area contributed by atoms with Crippen molar-refractivity contribution in [3.63, 3.8) is 0 Å². The van der Waals surface area contributed by atoms with Gasteiger partial charge in [0.1, 0.15) is 5.02 Å². The molecule has 5 nitrogen and oxygen atoms in total. The van der Waals surface area contributed by atoms with Crippen molar-refractivity contribution in [2.45, 2.75) is 32.4 Å². The van der Waals surface area contributed by atoms with Gasteiger partial charge < -0.3 is 15.0 Å². The molecule has 0 amide bonds. The van der Waals surface area contributed by atoms with E-state index in [0.29, 0.717) is 17.0 Å². The highest BCUT2D eigenvalue weighted by Crippen LogP contribution is 2.28. The summed E-state index contributed by atoms with van der Waals surface area (Å²) in [5.74, 6) is 1.36. The summed E-state index contributed by atoms with van der Waals surface area (Å²) in [6.07, 6.45) is 2.83. The molecule has 0 aliphatic carbocycles. The highest BCUT2D eigenvalue weighted by Gasteiger charge is 2.29. The second-order valence-electron chi connectivity index (χ2n) is 4.44. The summed E-state index contributed by atoms with van der Waals surface area (Å²) < 4.78 is 5.58. The van der Waals surface area contributed by atoms with E-state index in [0.717, 1.165) is 25.4 Å². The molecule has 2 heterocycles. The molecule has 2 rings (SSSR count). The molecule has 18 heavy (non-hydrogen) atoms. The Balaban J connectivity index is 2.22. The van der Waals surface area contributed by atoms with Crippen molar-refractivity contribution in [3.05, 3.63) is 11.2 Å². The molecule has 1 aliphatic rings. The Labute approximate surface area is 113 Å². The fourth-order valence-electron chi connectivity index (χ4n) is 2.23. The second-order valence-corrected chi connectivity index (χ2v) is 4.85. The van der Waals surface area contributed by atoms with Crippen LogP contribution in [-0.2, 0) is 4.74 Å². The smallest absolute Gasteiger partial charge is 0.224 e. The van der Waals surface area contributed by atoms with Gasteiger partial charge in [0, 0.05) is 20.2 Å². The van der Waals surface area contributed by atoms with Crippen molar-refractivity contribution in [2.75, 3.05) is 30.4 Å². The molecule has 100 valence electrons. The SMILES string of the molecule is CCNc1ncc(Cl)c(N(C)C2CCOC2C)n1.